The Morgan fingerprint density at radius 3 is 2.58 bits per heavy atom. The first-order chi connectivity index (χ1) is 12.1. The number of tetrazole rings is 1. The second-order valence-corrected chi connectivity index (χ2v) is 7.39. The molecule has 2 aliphatic rings. The van der Waals surface area contributed by atoms with Crippen molar-refractivity contribution < 1.29 is 4.79 Å². The lowest BCUT2D eigenvalue weighted by molar-refractivity contribution is -0.134. The molecule has 2 saturated heterocycles. The summed E-state index contributed by atoms with van der Waals surface area (Å²) in [6.45, 7) is 3.96. The SMILES string of the molecule is Cl.O=C(Cn1nnc(-c2ccc(Cl)cc2)n1)N1CCC2(CCNC2)CC1. The van der Waals surface area contributed by atoms with Gasteiger partial charge < -0.3 is 10.2 Å². The summed E-state index contributed by atoms with van der Waals surface area (Å²) in [5.41, 5.74) is 1.24. The Morgan fingerprint density at radius 2 is 1.92 bits per heavy atom. The first-order valence-electron chi connectivity index (χ1n) is 8.66. The van der Waals surface area contributed by atoms with E-state index in [1.54, 1.807) is 12.1 Å². The summed E-state index contributed by atoms with van der Waals surface area (Å²) in [5.74, 6) is 0.556. The van der Waals surface area contributed by atoms with Crippen LogP contribution in [0.1, 0.15) is 19.3 Å². The molecule has 7 nitrogen and oxygen atoms in total. The molecule has 1 spiro atoms. The number of halogens is 2. The summed E-state index contributed by atoms with van der Waals surface area (Å²) in [6.07, 6.45) is 3.38. The van der Waals surface area contributed by atoms with E-state index in [1.165, 1.54) is 11.2 Å². The monoisotopic (exact) mass is 396 g/mol. The van der Waals surface area contributed by atoms with Gasteiger partial charge in [0.2, 0.25) is 11.7 Å². The van der Waals surface area contributed by atoms with Crippen molar-refractivity contribution in [3.8, 4) is 11.4 Å². The summed E-state index contributed by atoms with van der Waals surface area (Å²) in [6, 6.07) is 7.24. The maximum absolute atomic E-state index is 12.5. The largest absolute Gasteiger partial charge is 0.341 e. The van der Waals surface area contributed by atoms with Crippen LogP contribution in [0.5, 0.6) is 0 Å². The van der Waals surface area contributed by atoms with E-state index in [0.29, 0.717) is 16.3 Å². The Labute approximate surface area is 163 Å². The van der Waals surface area contributed by atoms with Gasteiger partial charge in [-0.05, 0) is 60.7 Å². The lowest BCUT2D eigenvalue weighted by atomic mass is 9.78. The molecular weight excluding hydrogens is 375 g/mol. The van der Waals surface area contributed by atoms with Crippen LogP contribution in [0, 0.1) is 5.41 Å². The molecule has 2 aliphatic heterocycles. The summed E-state index contributed by atoms with van der Waals surface area (Å²) in [7, 11) is 0. The van der Waals surface area contributed by atoms with Gasteiger partial charge in [0, 0.05) is 30.2 Å². The molecule has 0 atom stereocenters. The third-order valence-corrected chi connectivity index (χ3v) is 5.59. The van der Waals surface area contributed by atoms with Crippen molar-refractivity contribution in [1.82, 2.24) is 30.4 Å². The number of aromatic nitrogens is 4. The minimum absolute atomic E-state index is 0. The molecule has 0 unspecified atom stereocenters. The second-order valence-electron chi connectivity index (χ2n) is 6.96. The number of hydrogen-bond donors (Lipinski definition) is 1. The molecule has 26 heavy (non-hydrogen) atoms. The number of hydrogen-bond acceptors (Lipinski definition) is 5. The molecule has 0 saturated carbocycles. The van der Waals surface area contributed by atoms with Crippen LogP contribution in [0.4, 0.5) is 0 Å². The van der Waals surface area contributed by atoms with Crippen LogP contribution < -0.4 is 5.32 Å². The lowest BCUT2D eigenvalue weighted by Crippen LogP contribution is -2.45. The van der Waals surface area contributed by atoms with Gasteiger partial charge in [-0.2, -0.15) is 4.80 Å². The van der Waals surface area contributed by atoms with Crippen molar-refractivity contribution in [3.05, 3.63) is 29.3 Å². The Balaban J connectivity index is 0.00000196. The van der Waals surface area contributed by atoms with Crippen LogP contribution in [-0.4, -0.2) is 57.2 Å². The summed E-state index contributed by atoms with van der Waals surface area (Å²) >= 11 is 5.89. The topological polar surface area (TPSA) is 75.9 Å². The van der Waals surface area contributed by atoms with Crippen LogP contribution >= 0.6 is 24.0 Å². The quantitative estimate of drug-likeness (QED) is 0.858. The molecule has 4 rings (SSSR count). The molecule has 0 bridgehead atoms. The maximum Gasteiger partial charge on any atom is 0.246 e. The van der Waals surface area contributed by atoms with Crippen LogP contribution in [0.15, 0.2) is 24.3 Å². The number of benzene rings is 1. The predicted molar refractivity (Wildman–Crippen MR) is 101 cm³/mol. The highest BCUT2D eigenvalue weighted by molar-refractivity contribution is 6.30. The number of piperidine rings is 1. The van der Waals surface area contributed by atoms with Gasteiger partial charge in [0.25, 0.3) is 0 Å². The Morgan fingerprint density at radius 1 is 1.19 bits per heavy atom. The normalized spacial score (nSPS) is 18.7. The number of nitrogens with zero attached hydrogens (tertiary/aromatic N) is 5. The zero-order chi connectivity index (χ0) is 17.3. The molecule has 3 heterocycles. The van der Waals surface area contributed by atoms with Crippen LogP contribution in [0.25, 0.3) is 11.4 Å². The van der Waals surface area contributed by atoms with Crippen LogP contribution in [0.3, 0.4) is 0 Å². The van der Waals surface area contributed by atoms with Gasteiger partial charge in [-0.1, -0.05) is 11.6 Å². The number of likely N-dealkylation sites (tertiary alicyclic amines) is 1. The maximum atomic E-state index is 12.5. The first-order valence-corrected chi connectivity index (χ1v) is 9.04. The van der Waals surface area contributed by atoms with E-state index in [-0.39, 0.29) is 24.9 Å². The van der Waals surface area contributed by atoms with E-state index in [2.05, 4.69) is 20.7 Å². The third kappa shape index (κ3) is 4.00. The minimum Gasteiger partial charge on any atom is -0.341 e. The van der Waals surface area contributed by atoms with E-state index < -0.39 is 0 Å². The zero-order valence-corrected chi connectivity index (χ0v) is 16.0. The Kier molecular flexibility index (Phi) is 5.79. The molecule has 0 aliphatic carbocycles. The molecule has 1 amide bonds. The number of nitrogens with one attached hydrogen (secondary N) is 1. The molecule has 1 aromatic heterocycles. The number of amides is 1. The van der Waals surface area contributed by atoms with Gasteiger partial charge in [-0.15, -0.1) is 22.6 Å². The number of carbonyl (C=O) groups excluding carboxylic acids is 1. The standard InChI is InChI=1S/C17H21ClN6O.ClH/c18-14-3-1-13(2-4-14)16-20-22-24(21-16)11-15(25)23-9-6-17(7-10-23)5-8-19-12-17;/h1-4,19H,5-12H2;1H. The average molecular weight is 397 g/mol. The van der Waals surface area contributed by atoms with Gasteiger partial charge in [0.1, 0.15) is 6.54 Å². The van der Waals surface area contributed by atoms with Crippen molar-refractivity contribution in [2.24, 2.45) is 5.41 Å². The Hall–Kier alpha value is -1.70. The molecule has 2 fully saturated rings. The highest BCUT2D eigenvalue weighted by atomic mass is 35.5. The Bertz CT molecular complexity index is 747. The fourth-order valence-corrected chi connectivity index (χ4v) is 3.82. The number of rotatable bonds is 3. The van der Waals surface area contributed by atoms with Gasteiger partial charge >= 0.3 is 0 Å². The zero-order valence-electron chi connectivity index (χ0n) is 14.4. The fraction of sp³-hybridized carbons (Fsp3) is 0.529. The van der Waals surface area contributed by atoms with Crippen molar-refractivity contribution >= 4 is 29.9 Å². The van der Waals surface area contributed by atoms with Crippen molar-refractivity contribution in [1.29, 1.82) is 0 Å². The second kappa shape index (κ2) is 7.90. The molecule has 2 aromatic rings. The summed E-state index contributed by atoms with van der Waals surface area (Å²) in [4.78, 5) is 15.8. The van der Waals surface area contributed by atoms with E-state index in [4.69, 9.17) is 11.6 Å². The van der Waals surface area contributed by atoms with Crippen molar-refractivity contribution in [2.45, 2.75) is 25.8 Å². The van der Waals surface area contributed by atoms with E-state index in [0.717, 1.165) is 44.6 Å². The van der Waals surface area contributed by atoms with Gasteiger partial charge in [-0.3, -0.25) is 4.79 Å². The molecule has 1 aromatic carbocycles. The summed E-state index contributed by atoms with van der Waals surface area (Å²) in [5, 5.41) is 16.5. The summed E-state index contributed by atoms with van der Waals surface area (Å²) < 4.78 is 0. The van der Waals surface area contributed by atoms with E-state index in [1.807, 2.05) is 17.0 Å². The molecule has 0 radical (unpaired) electrons. The smallest absolute Gasteiger partial charge is 0.246 e. The van der Waals surface area contributed by atoms with Gasteiger partial charge in [0.05, 0.1) is 0 Å². The lowest BCUT2D eigenvalue weighted by Gasteiger charge is -2.38. The average Bonchev–Trinajstić information content (AvgIpc) is 3.26. The van der Waals surface area contributed by atoms with Gasteiger partial charge in [-0.25, -0.2) is 0 Å². The number of carbonyl (C=O) groups is 1. The predicted octanol–water partition coefficient (Wildman–Crippen LogP) is 2.02. The minimum atomic E-state index is 0. The van der Waals surface area contributed by atoms with Crippen molar-refractivity contribution in [3.63, 3.8) is 0 Å². The van der Waals surface area contributed by atoms with Crippen LogP contribution in [-0.2, 0) is 11.3 Å². The van der Waals surface area contributed by atoms with Crippen molar-refractivity contribution in [2.75, 3.05) is 26.2 Å². The highest BCUT2D eigenvalue weighted by Gasteiger charge is 2.38. The van der Waals surface area contributed by atoms with E-state index >= 15 is 0 Å². The molecule has 1 N–H and O–H groups in total. The highest BCUT2D eigenvalue weighted by Crippen LogP contribution is 2.36. The van der Waals surface area contributed by atoms with Crippen LogP contribution in [0.2, 0.25) is 5.02 Å². The third-order valence-electron chi connectivity index (χ3n) is 5.34. The molecule has 9 heteroatoms. The molecular formula is C17H22Cl2N6O. The first kappa shape index (κ1) is 19.1. The fourth-order valence-electron chi connectivity index (χ4n) is 3.70. The van der Waals surface area contributed by atoms with Gasteiger partial charge in [0.15, 0.2) is 0 Å². The molecule has 140 valence electrons. The van der Waals surface area contributed by atoms with E-state index in [9.17, 15) is 4.79 Å².